The van der Waals surface area contributed by atoms with Crippen molar-refractivity contribution in [2.24, 2.45) is 0 Å². The highest BCUT2D eigenvalue weighted by molar-refractivity contribution is 5.85. The largest absolute Gasteiger partial charge is 0.481 e. The highest BCUT2D eigenvalue weighted by atomic mass is 16.6. The lowest BCUT2D eigenvalue weighted by molar-refractivity contribution is -0.383. The number of benzene rings is 1. The summed E-state index contributed by atoms with van der Waals surface area (Å²) in [5.74, 6) is -0.742. The third-order valence-electron chi connectivity index (χ3n) is 3.76. The van der Waals surface area contributed by atoms with Crippen LogP contribution in [0.25, 0.3) is 11.0 Å². The minimum Gasteiger partial charge on any atom is -0.481 e. The van der Waals surface area contributed by atoms with Crippen LogP contribution in [-0.2, 0) is 11.2 Å². The molecule has 0 fully saturated rings. The molecule has 0 bridgehead atoms. The standard InChI is InChI=1S/C15H19N3O5/c19-13(20)8-6-4-2-1-3-5-7-11-9-10-12(18(21)22)15-14(11)16-23-17-15/h9-10H,1-8H2,(H,19,20). The second-order valence-corrected chi connectivity index (χ2v) is 5.48. The van der Waals surface area contributed by atoms with Crippen molar-refractivity contribution in [3.05, 3.63) is 27.8 Å². The Labute approximate surface area is 132 Å². The van der Waals surface area contributed by atoms with E-state index in [4.69, 9.17) is 5.11 Å². The van der Waals surface area contributed by atoms with Gasteiger partial charge in [-0.25, -0.2) is 4.63 Å². The number of rotatable bonds is 10. The molecule has 0 unspecified atom stereocenters. The number of hydrogen-bond acceptors (Lipinski definition) is 6. The first-order valence-corrected chi connectivity index (χ1v) is 7.70. The number of aromatic nitrogens is 2. The molecule has 0 aliphatic carbocycles. The number of fused-ring (bicyclic) bond motifs is 1. The molecule has 0 saturated carbocycles. The molecular formula is C15H19N3O5. The van der Waals surface area contributed by atoms with Crippen molar-refractivity contribution in [1.82, 2.24) is 10.3 Å². The molecule has 1 heterocycles. The van der Waals surface area contributed by atoms with E-state index in [0.717, 1.165) is 50.5 Å². The van der Waals surface area contributed by atoms with E-state index in [9.17, 15) is 14.9 Å². The first kappa shape index (κ1) is 16.9. The summed E-state index contributed by atoms with van der Waals surface area (Å²) in [6, 6.07) is 3.14. The normalized spacial score (nSPS) is 11.0. The first-order valence-electron chi connectivity index (χ1n) is 7.70. The number of carboxylic acids is 1. The summed E-state index contributed by atoms with van der Waals surface area (Å²) in [6.45, 7) is 0. The van der Waals surface area contributed by atoms with Gasteiger partial charge in [0.25, 0.3) is 0 Å². The van der Waals surface area contributed by atoms with Crippen LogP contribution in [-0.4, -0.2) is 26.3 Å². The van der Waals surface area contributed by atoms with E-state index < -0.39 is 10.9 Å². The van der Waals surface area contributed by atoms with Crippen molar-refractivity contribution in [2.45, 2.75) is 51.4 Å². The van der Waals surface area contributed by atoms with Crippen LogP contribution >= 0.6 is 0 Å². The lowest BCUT2D eigenvalue weighted by Gasteiger charge is -2.03. The number of nitrogens with zero attached hydrogens (tertiary/aromatic N) is 3. The summed E-state index contributed by atoms with van der Waals surface area (Å²) in [7, 11) is 0. The molecule has 0 spiro atoms. The van der Waals surface area contributed by atoms with Gasteiger partial charge in [0.2, 0.25) is 5.52 Å². The molecule has 0 atom stereocenters. The fraction of sp³-hybridized carbons (Fsp3) is 0.533. The highest BCUT2D eigenvalue weighted by Gasteiger charge is 2.18. The van der Waals surface area contributed by atoms with E-state index in [1.165, 1.54) is 6.07 Å². The van der Waals surface area contributed by atoms with E-state index in [1.54, 1.807) is 6.07 Å². The number of carboxylic acid groups (broad SMARTS) is 1. The molecule has 2 aromatic rings. The minimum atomic E-state index is -0.742. The number of hydrogen-bond donors (Lipinski definition) is 1. The number of nitro groups is 1. The van der Waals surface area contributed by atoms with E-state index >= 15 is 0 Å². The van der Waals surface area contributed by atoms with Gasteiger partial charge >= 0.3 is 11.7 Å². The zero-order chi connectivity index (χ0) is 16.7. The number of aliphatic carboxylic acids is 1. The number of aryl methyl sites for hydroxylation is 1. The first-order chi connectivity index (χ1) is 11.1. The second-order valence-electron chi connectivity index (χ2n) is 5.48. The zero-order valence-corrected chi connectivity index (χ0v) is 12.7. The number of nitro benzene ring substituents is 1. The van der Waals surface area contributed by atoms with Crippen molar-refractivity contribution in [2.75, 3.05) is 0 Å². The van der Waals surface area contributed by atoms with Crippen LogP contribution in [0.2, 0.25) is 0 Å². The fourth-order valence-corrected chi connectivity index (χ4v) is 2.55. The molecule has 2 rings (SSSR count). The molecule has 0 radical (unpaired) electrons. The van der Waals surface area contributed by atoms with Crippen molar-refractivity contribution in [3.8, 4) is 0 Å². The Morgan fingerprint density at radius 1 is 1.09 bits per heavy atom. The minimum absolute atomic E-state index is 0.0940. The van der Waals surface area contributed by atoms with Crippen molar-refractivity contribution >= 4 is 22.7 Å². The van der Waals surface area contributed by atoms with Gasteiger partial charge in [0.15, 0.2) is 0 Å². The number of non-ortho nitro benzene ring substituents is 1. The Hall–Kier alpha value is -2.51. The molecule has 0 aliphatic heterocycles. The van der Waals surface area contributed by atoms with Crippen LogP contribution in [0.4, 0.5) is 5.69 Å². The van der Waals surface area contributed by atoms with Gasteiger partial charge in [-0.1, -0.05) is 25.7 Å². The molecule has 1 aromatic carbocycles. The summed E-state index contributed by atoms with van der Waals surface area (Å²) < 4.78 is 4.64. The monoisotopic (exact) mass is 321 g/mol. The maximum Gasteiger partial charge on any atom is 0.303 e. The summed E-state index contributed by atoms with van der Waals surface area (Å²) in [5, 5.41) is 26.8. The predicted molar refractivity (Wildman–Crippen MR) is 82.1 cm³/mol. The smallest absolute Gasteiger partial charge is 0.303 e. The Kier molecular flexibility index (Phi) is 6.02. The van der Waals surface area contributed by atoms with Gasteiger partial charge in [0, 0.05) is 12.5 Å². The van der Waals surface area contributed by atoms with Gasteiger partial charge in [-0.15, -0.1) is 0 Å². The van der Waals surface area contributed by atoms with E-state index in [0.29, 0.717) is 5.52 Å². The maximum atomic E-state index is 10.9. The maximum absolute atomic E-state index is 10.9. The molecule has 124 valence electrons. The van der Waals surface area contributed by atoms with Crippen LogP contribution < -0.4 is 0 Å². The van der Waals surface area contributed by atoms with Gasteiger partial charge in [-0.3, -0.25) is 14.9 Å². The van der Waals surface area contributed by atoms with Gasteiger partial charge in [-0.05, 0) is 41.2 Å². The molecule has 23 heavy (non-hydrogen) atoms. The topological polar surface area (TPSA) is 119 Å². The third kappa shape index (κ3) is 4.73. The molecule has 0 saturated heterocycles. The summed E-state index contributed by atoms with van der Waals surface area (Å²) in [6.07, 6.45) is 6.69. The summed E-state index contributed by atoms with van der Waals surface area (Å²) in [5.41, 5.74) is 1.46. The molecule has 0 aliphatic rings. The quantitative estimate of drug-likeness (QED) is 0.404. The second kappa shape index (κ2) is 8.21. The SMILES string of the molecule is O=C(O)CCCCCCCCc1ccc([N+](=O)[O-])c2nonc12. The van der Waals surface area contributed by atoms with Crippen molar-refractivity contribution in [1.29, 1.82) is 0 Å². The fourth-order valence-electron chi connectivity index (χ4n) is 2.55. The molecule has 1 N–H and O–H groups in total. The number of unbranched alkanes of at least 4 members (excludes halogenated alkanes) is 5. The van der Waals surface area contributed by atoms with Gasteiger partial charge in [0.1, 0.15) is 5.52 Å². The van der Waals surface area contributed by atoms with Gasteiger partial charge in [-0.2, -0.15) is 0 Å². The molecule has 1 aromatic heterocycles. The van der Waals surface area contributed by atoms with Crippen molar-refractivity contribution in [3.63, 3.8) is 0 Å². The van der Waals surface area contributed by atoms with Gasteiger partial charge in [0.05, 0.1) is 4.92 Å². The lowest BCUT2D eigenvalue weighted by Crippen LogP contribution is -1.94. The van der Waals surface area contributed by atoms with Crippen molar-refractivity contribution < 1.29 is 19.5 Å². The lowest BCUT2D eigenvalue weighted by atomic mass is 10.0. The molecule has 0 amide bonds. The Bertz CT molecular complexity index is 683. The average Bonchev–Trinajstić information content (AvgIpc) is 2.98. The third-order valence-corrected chi connectivity index (χ3v) is 3.76. The van der Waals surface area contributed by atoms with E-state index in [1.807, 2.05) is 0 Å². The highest BCUT2D eigenvalue weighted by Crippen LogP contribution is 2.26. The van der Waals surface area contributed by atoms with Crippen LogP contribution in [0, 0.1) is 10.1 Å². The predicted octanol–water partition coefficient (Wildman–Crippen LogP) is 3.49. The average molecular weight is 321 g/mol. The van der Waals surface area contributed by atoms with Crippen LogP contribution in [0.1, 0.15) is 50.5 Å². The van der Waals surface area contributed by atoms with Crippen LogP contribution in [0.5, 0.6) is 0 Å². The Morgan fingerprint density at radius 3 is 2.43 bits per heavy atom. The molecular weight excluding hydrogens is 302 g/mol. The van der Waals surface area contributed by atoms with E-state index in [2.05, 4.69) is 14.9 Å². The van der Waals surface area contributed by atoms with Gasteiger partial charge < -0.3 is 5.11 Å². The zero-order valence-electron chi connectivity index (χ0n) is 12.7. The number of carbonyl (C=O) groups is 1. The molecule has 8 nitrogen and oxygen atoms in total. The van der Waals surface area contributed by atoms with Crippen LogP contribution in [0.3, 0.4) is 0 Å². The summed E-state index contributed by atoms with van der Waals surface area (Å²) >= 11 is 0. The van der Waals surface area contributed by atoms with E-state index in [-0.39, 0.29) is 17.6 Å². The Balaban J connectivity index is 1.77. The Morgan fingerprint density at radius 2 is 1.74 bits per heavy atom. The van der Waals surface area contributed by atoms with Crippen LogP contribution in [0.15, 0.2) is 16.8 Å². The molecule has 8 heteroatoms. The summed E-state index contributed by atoms with van der Waals surface area (Å²) in [4.78, 5) is 20.8.